The molecule has 0 unspecified atom stereocenters. The number of aromatic nitrogens is 1. The molecule has 3 heterocycles. The zero-order valence-electron chi connectivity index (χ0n) is 16.0. The molecule has 0 saturated carbocycles. The third-order valence-electron chi connectivity index (χ3n) is 5.29. The SMILES string of the molecule is COc1ccccc1CNc1ccc(C(=O)N2CCC3(CC2)OCCO3)cn1. The summed E-state index contributed by atoms with van der Waals surface area (Å²) >= 11 is 0. The molecule has 4 rings (SSSR count). The van der Waals surface area contributed by atoms with E-state index in [9.17, 15) is 4.79 Å². The summed E-state index contributed by atoms with van der Waals surface area (Å²) < 4.78 is 16.8. The van der Waals surface area contributed by atoms with Gasteiger partial charge in [-0.05, 0) is 18.2 Å². The smallest absolute Gasteiger partial charge is 0.255 e. The number of ether oxygens (including phenoxy) is 3. The van der Waals surface area contributed by atoms with E-state index in [1.807, 2.05) is 41.3 Å². The monoisotopic (exact) mass is 383 g/mol. The lowest BCUT2D eigenvalue weighted by atomic mass is 10.0. The molecule has 2 fully saturated rings. The summed E-state index contributed by atoms with van der Waals surface area (Å²) in [6, 6.07) is 11.5. The van der Waals surface area contributed by atoms with E-state index in [1.54, 1.807) is 13.3 Å². The number of carbonyl (C=O) groups excluding carboxylic acids is 1. The number of pyridine rings is 1. The number of likely N-dealkylation sites (tertiary alicyclic amines) is 1. The Morgan fingerprint density at radius 3 is 2.61 bits per heavy atom. The van der Waals surface area contributed by atoms with Gasteiger partial charge in [-0.3, -0.25) is 4.79 Å². The minimum atomic E-state index is -0.471. The van der Waals surface area contributed by atoms with E-state index in [4.69, 9.17) is 14.2 Å². The number of piperidine rings is 1. The standard InChI is InChI=1S/C21H25N3O4/c1-26-18-5-3-2-4-16(18)14-22-19-7-6-17(15-23-19)20(25)24-10-8-21(9-11-24)27-12-13-28-21/h2-7,15H,8-14H2,1H3,(H,22,23). The van der Waals surface area contributed by atoms with Crippen molar-refractivity contribution in [3.05, 3.63) is 53.7 Å². The second-order valence-electron chi connectivity index (χ2n) is 7.00. The van der Waals surface area contributed by atoms with Crippen LogP contribution in [0.4, 0.5) is 5.82 Å². The predicted molar refractivity (Wildman–Crippen MR) is 104 cm³/mol. The molecular formula is C21H25N3O4. The van der Waals surface area contributed by atoms with Gasteiger partial charge in [0.2, 0.25) is 0 Å². The Hall–Kier alpha value is -2.64. The first kappa shape index (κ1) is 18.7. The number of methoxy groups -OCH3 is 1. The highest BCUT2D eigenvalue weighted by Gasteiger charge is 2.40. The largest absolute Gasteiger partial charge is 0.496 e. The number of amides is 1. The van der Waals surface area contributed by atoms with Crippen LogP contribution in [0.1, 0.15) is 28.8 Å². The highest BCUT2D eigenvalue weighted by molar-refractivity contribution is 5.94. The number of carbonyl (C=O) groups is 1. The van der Waals surface area contributed by atoms with Crippen LogP contribution in [0.3, 0.4) is 0 Å². The lowest BCUT2D eigenvalue weighted by molar-refractivity contribution is -0.181. The van der Waals surface area contributed by atoms with Crippen molar-refractivity contribution in [2.75, 3.05) is 38.7 Å². The zero-order chi connectivity index (χ0) is 19.4. The molecule has 0 aliphatic carbocycles. The van der Waals surface area contributed by atoms with Gasteiger partial charge in [-0.2, -0.15) is 0 Å². The maximum atomic E-state index is 12.7. The molecule has 7 nitrogen and oxygen atoms in total. The molecule has 28 heavy (non-hydrogen) atoms. The zero-order valence-corrected chi connectivity index (χ0v) is 16.0. The van der Waals surface area contributed by atoms with Gasteiger partial charge in [0.05, 0.1) is 25.9 Å². The van der Waals surface area contributed by atoms with Crippen molar-refractivity contribution in [2.24, 2.45) is 0 Å². The molecule has 1 amide bonds. The summed E-state index contributed by atoms with van der Waals surface area (Å²) in [4.78, 5) is 19.0. The maximum Gasteiger partial charge on any atom is 0.255 e. The average molecular weight is 383 g/mol. The van der Waals surface area contributed by atoms with E-state index in [0.717, 1.165) is 11.3 Å². The topological polar surface area (TPSA) is 72.9 Å². The Morgan fingerprint density at radius 1 is 1.18 bits per heavy atom. The van der Waals surface area contributed by atoms with Gasteiger partial charge >= 0.3 is 0 Å². The quantitative estimate of drug-likeness (QED) is 0.856. The summed E-state index contributed by atoms with van der Waals surface area (Å²) in [5.74, 6) is 1.07. The van der Waals surface area contributed by atoms with Gasteiger partial charge in [0.1, 0.15) is 11.6 Å². The number of hydrogen-bond acceptors (Lipinski definition) is 6. The number of benzene rings is 1. The lowest BCUT2D eigenvalue weighted by Gasteiger charge is -2.37. The molecule has 7 heteroatoms. The highest BCUT2D eigenvalue weighted by Crippen LogP contribution is 2.31. The second-order valence-corrected chi connectivity index (χ2v) is 7.00. The summed E-state index contributed by atoms with van der Waals surface area (Å²) in [6.45, 7) is 3.14. The number of hydrogen-bond donors (Lipinski definition) is 1. The number of rotatable bonds is 5. The fourth-order valence-electron chi connectivity index (χ4n) is 3.68. The molecule has 0 bridgehead atoms. The molecule has 0 atom stereocenters. The third-order valence-corrected chi connectivity index (χ3v) is 5.29. The van der Waals surface area contributed by atoms with E-state index in [-0.39, 0.29) is 5.91 Å². The first-order valence-corrected chi connectivity index (χ1v) is 9.58. The molecule has 0 radical (unpaired) electrons. The van der Waals surface area contributed by atoms with Crippen molar-refractivity contribution in [1.82, 2.24) is 9.88 Å². The molecule has 1 N–H and O–H groups in total. The van der Waals surface area contributed by atoms with Crippen LogP contribution < -0.4 is 10.1 Å². The highest BCUT2D eigenvalue weighted by atomic mass is 16.7. The van der Waals surface area contributed by atoms with E-state index < -0.39 is 5.79 Å². The fraction of sp³-hybridized carbons (Fsp3) is 0.429. The van der Waals surface area contributed by atoms with Gasteiger partial charge in [0.25, 0.3) is 5.91 Å². The number of para-hydroxylation sites is 1. The molecule has 1 aromatic heterocycles. The van der Waals surface area contributed by atoms with Crippen LogP contribution in [0.15, 0.2) is 42.6 Å². The minimum absolute atomic E-state index is 0.00312. The van der Waals surface area contributed by atoms with Crippen LogP contribution in [0.5, 0.6) is 5.75 Å². The fourth-order valence-corrected chi connectivity index (χ4v) is 3.68. The van der Waals surface area contributed by atoms with E-state index >= 15 is 0 Å². The Bertz CT molecular complexity index is 809. The molecule has 148 valence electrons. The lowest BCUT2D eigenvalue weighted by Crippen LogP contribution is -2.47. The Labute approximate surface area is 164 Å². The van der Waals surface area contributed by atoms with Crippen molar-refractivity contribution in [3.63, 3.8) is 0 Å². The molecule has 1 aromatic carbocycles. The van der Waals surface area contributed by atoms with Crippen molar-refractivity contribution in [2.45, 2.75) is 25.2 Å². The van der Waals surface area contributed by atoms with Crippen LogP contribution in [0, 0.1) is 0 Å². The van der Waals surface area contributed by atoms with E-state index in [0.29, 0.717) is 57.1 Å². The summed E-state index contributed by atoms with van der Waals surface area (Å²) in [6.07, 6.45) is 3.05. The van der Waals surface area contributed by atoms with Crippen LogP contribution >= 0.6 is 0 Å². The van der Waals surface area contributed by atoms with Gasteiger partial charge in [-0.25, -0.2) is 4.98 Å². The van der Waals surface area contributed by atoms with Crippen LogP contribution in [0.2, 0.25) is 0 Å². The Balaban J connectivity index is 1.33. The van der Waals surface area contributed by atoms with Crippen molar-refractivity contribution < 1.29 is 19.0 Å². The molecule has 2 aliphatic heterocycles. The average Bonchev–Trinajstić information content (AvgIpc) is 3.21. The van der Waals surface area contributed by atoms with Crippen LogP contribution in [-0.4, -0.2) is 55.0 Å². The number of anilines is 1. The van der Waals surface area contributed by atoms with Crippen molar-refractivity contribution >= 4 is 11.7 Å². The van der Waals surface area contributed by atoms with Gasteiger partial charge in [0.15, 0.2) is 5.79 Å². The number of nitrogens with one attached hydrogen (secondary N) is 1. The van der Waals surface area contributed by atoms with Gasteiger partial charge < -0.3 is 24.4 Å². The minimum Gasteiger partial charge on any atom is -0.496 e. The van der Waals surface area contributed by atoms with Crippen molar-refractivity contribution in [3.8, 4) is 5.75 Å². The molecule has 2 saturated heterocycles. The van der Waals surface area contributed by atoms with Crippen LogP contribution in [0.25, 0.3) is 0 Å². The van der Waals surface area contributed by atoms with Crippen molar-refractivity contribution in [1.29, 1.82) is 0 Å². The van der Waals surface area contributed by atoms with Gasteiger partial charge in [-0.15, -0.1) is 0 Å². The first-order valence-electron chi connectivity index (χ1n) is 9.58. The Kier molecular flexibility index (Phi) is 5.45. The second kappa shape index (κ2) is 8.16. The summed E-state index contributed by atoms with van der Waals surface area (Å²) in [7, 11) is 1.66. The Morgan fingerprint density at radius 2 is 1.93 bits per heavy atom. The normalized spacial score (nSPS) is 18.2. The van der Waals surface area contributed by atoms with Gasteiger partial charge in [-0.1, -0.05) is 18.2 Å². The molecular weight excluding hydrogens is 358 g/mol. The van der Waals surface area contributed by atoms with E-state index in [2.05, 4.69) is 10.3 Å². The summed E-state index contributed by atoms with van der Waals surface area (Å²) in [5.41, 5.74) is 1.64. The van der Waals surface area contributed by atoms with E-state index in [1.165, 1.54) is 0 Å². The molecule has 2 aromatic rings. The molecule has 1 spiro atoms. The first-order chi connectivity index (χ1) is 13.7. The maximum absolute atomic E-state index is 12.7. The third kappa shape index (κ3) is 3.95. The summed E-state index contributed by atoms with van der Waals surface area (Å²) in [5, 5.41) is 3.27. The molecule has 2 aliphatic rings. The predicted octanol–water partition coefficient (Wildman–Crippen LogP) is 2.68. The van der Waals surface area contributed by atoms with Crippen LogP contribution in [-0.2, 0) is 16.0 Å². The number of nitrogens with zero attached hydrogens (tertiary/aromatic N) is 2. The van der Waals surface area contributed by atoms with Gasteiger partial charge in [0, 0.05) is 44.2 Å².